The van der Waals surface area contributed by atoms with E-state index in [1.165, 1.54) is 0 Å². The van der Waals surface area contributed by atoms with Gasteiger partial charge in [0.1, 0.15) is 6.10 Å². The van der Waals surface area contributed by atoms with Gasteiger partial charge in [0.25, 0.3) is 0 Å². The molecule has 0 bridgehead atoms. The standard InChI is InChI=1S/C13H16F3IO/c1-12(2,3)10-6-4-9(5-7-10)11(8-17)18-13(14,15)16/h4-7,11H,8H2,1-3H3. The van der Waals surface area contributed by atoms with E-state index in [0.29, 0.717) is 5.56 Å². The fraction of sp³-hybridized carbons (Fsp3) is 0.538. The summed E-state index contributed by atoms with van der Waals surface area (Å²) in [4.78, 5) is 0. The Labute approximate surface area is 119 Å². The Morgan fingerprint density at radius 3 is 1.94 bits per heavy atom. The van der Waals surface area contributed by atoms with E-state index < -0.39 is 12.5 Å². The number of hydrogen-bond donors (Lipinski definition) is 0. The van der Waals surface area contributed by atoms with Gasteiger partial charge in [-0.3, -0.25) is 4.74 Å². The van der Waals surface area contributed by atoms with Crippen LogP contribution in [0.2, 0.25) is 0 Å². The Morgan fingerprint density at radius 2 is 1.61 bits per heavy atom. The lowest BCUT2D eigenvalue weighted by Gasteiger charge is -2.21. The number of benzene rings is 1. The number of alkyl halides is 4. The molecule has 0 aliphatic carbocycles. The van der Waals surface area contributed by atoms with E-state index in [0.717, 1.165) is 5.56 Å². The van der Waals surface area contributed by atoms with Crippen molar-refractivity contribution < 1.29 is 17.9 Å². The van der Waals surface area contributed by atoms with Crippen LogP contribution in [0.25, 0.3) is 0 Å². The highest BCUT2D eigenvalue weighted by Crippen LogP contribution is 2.30. The highest BCUT2D eigenvalue weighted by atomic mass is 127. The fourth-order valence-corrected chi connectivity index (χ4v) is 2.24. The smallest absolute Gasteiger partial charge is 0.283 e. The molecule has 102 valence electrons. The second-order valence-electron chi connectivity index (χ2n) is 5.08. The molecule has 1 unspecified atom stereocenters. The predicted octanol–water partition coefficient (Wildman–Crippen LogP) is 5.00. The molecule has 0 aliphatic heterocycles. The van der Waals surface area contributed by atoms with E-state index in [1.807, 2.05) is 34.7 Å². The van der Waals surface area contributed by atoms with Crippen LogP contribution in [0.1, 0.15) is 38.0 Å². The van der Waals surface area contributed by atoms with Gasteiger partial charge < -0.3 is 0 Å². The van der Waals surface area contributed by atoms with Crippen molar-refractivity contribution in [3.05, 3.63) is 35.4 Å². The molecule has 0 aromatic heterocycles. The Bertz CT molecular complexity index is 379. The fourth-order valence-electron chi connectivity index (χ4n) is 1.55. The maximum atomic E-state index is 12.2. The summed E-state index contributed by atoms with van der Waals surface area (Å²) in [7, 11) is 0. The maximum Gasteiger partial charge on any atom is 0.523 e. The lowest BCUT2D eigenvalue weighted by atomic mass is 9.86. The molecule has 0 saturated heterocycles. The van der Waals surface area contributed by atoms with Crippen molar-refractivity contribution in [1.29, 1.82) is 0 Å². The highest BCUT2D eigenvalue weighted by molar-refractivity contribution is 14.1. The van der Waals surface area contributed by atoms with Gasteiger partial charge in [0.2, 0.25) is 0 Å². The van der Waals surface area contributed by atoms with Crippen LogP contribution in [0.4, 0.5) is 13.2 Å². The second-order valence-corrected chi connectivity index (χ2v) is 5.96. The van der Waals surface area contributed by atoms with Gasteiger partial charge in [-0.15, -0.1) is 13.2 Å². The molecule has 1 atom stereocenters. The monoisotopic (exact) mass is 372 g/mol. The van der Waals surface area contributed by atoms with Crippen molar-refractivity contribution in [2.45, 2.75) is 38.7 Å². The SMILES string of the molecule is CC(C)(C)c1ccc(C(CI)OC(F)(F)F)cc1. The summed E-state index contributed by atoms with van der Waals surface area (Å²) in [5, 5.41) is 0. The summed E-state index contributed by atoms with van der Waals surface area (Å²) >= 11 is 1.89. The average Bonchev–Trinajstić information content (AvgIpc) is 2.24. The van der Waals surface area contributed by atoms with Gasteiger partial charge in [-0.1, -0.05) is 67.6 Å². The molecule has 0 heterocycles. The minimum absolute atomic E-state index is 0.0107. The Morgan fingerprint density at radius 1 is 1.11 bits per heavy atom. The van der Waals surface area contributed by atoms with Crippen LogP contribution in [0.15, 0.2) is 24.3 Å². The lowest BCUT2D eigenvalue weighted by Crippen LogP contribution is -2.19. The molecule has 0 aliphatic rings. The van der Waals surface area contributed by atoms with Crippen molar-refractivity contribution in [1.82, 2.24) is 0 Å². The van der Waals surface area contributed by atoms with Crippen molar-refractivity contribution in [3.63, 3.8) is 0 Å². The summed E-state index contributed by atoms with van der Waals surface area (Å²) in [6, 6.07) is 7.12. The van der Waals surface area contributed by atoms with Gasteiger partial charge in [-0.05, 0) is 16.5 Å². The second kappa shape index (κ2) is 5.77. The van der Waals surface area contributed by atoms with Gasteiger partial charge in [0.15, 0.2) is 0 Å². The van der Waals surface area contributed by atoms with Gasteiger partial charge in [0, 0.05) is 4.43 Å². The zero-order valence-corrected chi connectivity index (χ0v) is 12.7. The third kappa shape index (κ3) is 4.76. The molecular formula is C13H16F3IO. The van der Waals surface area contributed by atoms with Crippen LogP contribution >= 0.6 is 22.6 Å². The minimum Gasteiger partial charge on any atom is -0.283 e. The summed E-state index contributed by atoms with van der Waals surface area (Å²) < 4.78 is 41.0. The molecule has 0 saturated carbocycles. The molecule has 0 N–H and O–H groups in total. The summed E-state index contributed by atoms with van der Waals surface area (Å²) in [5.41, 5.74) is 1.63. The summed E-state index contributed by atoms with van der Waals surface area (Å²) in [6.45, 7) is 6.18. The topological polar surface area (TPSA) is 9.23 Å². The van der Waals surface area contributed by atoms with Crippen molar-refractivity contribution in [2.24, 2.45) is 0 Å². The Kier molecular flexibility index (Phi) is 5.05. The van der Waals surface area contributed by atoms with Crippen LogP contribution in [0.3, 0.4) is 0 Å². The first-order chi connectivity index (χ1) is 8.13. The molecule has 0 fully saturated rings. The number of ether oxygens (including phenoxy) is 1. The first-order valence-electron chi connectivity index (χ1n) is 5.54. The normalized spacial score (nSPS) is 14.6. The molecule has 1 aromatic rings. The maximum absolute atomic E-state index is 12.2. The van der Waals surface area contributed by atoms with Crippen LogP contribution < -0.4 is 0 Å². The van der Waals surface area contributed by atoms with Crippen molar-refractivity contribution in [3.8, 4) is 0 Å². The Balaban J connectivity index is 2.89. The first-order valence-corrected chi connectivity index (χ1v) is 7.07. The highest BCUT2D eigenvalue weighted by Gasteiger charge is 2.33. The molecule has 18 heavy (non-hydrogen) atoms. The number of halogens is 4. The third-order valence-corrected chi connectivity index (χ3v) is 3.36. The molecule has 0 radical (unpaired) electrons. The van der Waals surface area contributed by atoms with E-state index in [-0.39, 0.29) is 9.84 Å². The molecule has 0 spiro atoms. The van der Waals surface area contributed by atoms with Crippen molar-refractivity contribution >= 4 is 22.6 Å². The van der Waals surface area contributed by atoms with E-state index >= 15 is 0 Å². The average molecular weight is 372 g/mol. The third-order valence-electron chi connectivity index (χ3n) is 2.56. The molecular weight excluding hydrogens is 356 g/mol. The molecule has 1 nitrogen and oxygen atoms in total. The van der Waals surface area contributed by atoms with E-state index in [4.69, 9.17) is 0 Å². The first kappa shape index (κ1) is 15.8. The zero-order chi connectivity index (χ0) is 14.0. The molecule has 5 heteroatoms. The molecule has 0 amide bonds. The lowest BCUT2D eigenvalue weighted by molar-refractivity contribution is -0.341. The summed E-state index contributed by atoms with van der Waals surface area (Å²) in [5.74, 6) is 0. The minimum atomic E-state index is -4.60. The van der Waals surface area contributed by atoms with Crippen molar-refractivity contribution in [2.75, 3.05) is 4.43 Å². The molecule has 1 aromatic carbocycles. The van der Waals surface area contributed by atoms with E-state index in [9.17, 15) is 13.2 Å². The van der Waals surface area contributed by atoms with Crippen LogP contribution in [0.5, 0.6) is 0 Å². The zero-order valence-electron chi connectivity index (χ0n) is 10.5. The van der Waals surface area contributed by atoms with Gasteiger partial charge in [0.05, 0.1) is 0 Å². The van der Waals surface area contributed by atoms with E-state index in [2.05, 4.69) is 25.5 Å². The summed E-state index contributed by atoms with van der Waals surface area (Å²) in [6.07, 6.45) is -5.54. The van der Waals surface area contributed by atoms with Gasteiger partial charge in [-0.2, -0.15) is 0 Å². The number of rotatable bonds is 3. The Hall–Kier alpha value is -0.300. The number of hydrogen-bond acceptors (Lipinski definition) is 1. The van der Waals surface area contributed by atoms with Crippen LogP contribution in [0, 0.1) is 0 Å². The van der Waals surface area contributed by atoms with Gasteiger partial charge in [-0.25, -0.2) is 0 Å². The predicted molar refractivity (Wildman–Crippen MR) is 73.9 cm³/mol. The largest absolute Gasteiger partial charge is 0.523 e. The van der Waals surface area contributed by atoms with Crippen LogP contribution in [-0.2, 0) is 10.2 Å². The quantitative estimate of drug-likeness (QED) is 0.536. The van der Waals surface area contributed by atoms with Crippen LogP contribution in [-0.4, -0.2) is 10.8 Å². The van der Waals surface area contributed by atoms with E-state index in [1.54, 1.807) is 12.1 Å². The van der Waals surface area contributed by atoms with Gasteiger partial charge >= 0.3 is 6.36 Å². The molecule has 1 rings (SSSR count).